The molecule has 8 nitrogen and oxygen atoms in total. The molecule has 0 atom stereocenters. The highest BCUT2D eigenvalue weighted by atomic mass is 35.5. The second-order valence-corrected chi connectivity index (χ2v) is 9.92. The number of hydrogen-bond donors (Lipinski definition) is 1. The van der Waals surface area contributed by atoms with E-state index in [1.165, 1.54) is 42.3 Å². The molecule has 1 heterocycles. The van der Waals surface area contributed by atoms with Gasteiger partial charge in [-0.1, -0.05) is 23.4 Å². The van der Waals surface area contributed by atoms with Gasteiger partial charge in [-0.05, 0) is 42.5 Å². The predicted molar refractivity (Wildman–Crippen MR) is 117 cm³/mol. The van der Waals surface area contributed by atoms with Crippen LogP contribution in [0.2, 0.25) is 5.02 Å². The molecular weight excluding hydrogens is 448 g/mol. The highest BCUT2D eigenvalue weighted by Crippen LogP contribution is 2.31. The maximum atomic E-state index is 12.1. The fourth-order valence-electron chi connectivity index (χ4n) is 2.51. The summed E-state index contributed by atoms with van der Waals surface area (Å²) >= 11 is 7.50. The third-order valence-corrected chi connectivity index (χ3v) is 6.94. The SMILES string of the molecule is COc1ccc(Cl)cc1-c1nc(SCCOc2ccc(S(=O)(=O)N(C)C)cc2)n[nH]1. The molecule has 2 aromatic carbocycles. The number of halogens is 1. The van der Waals surface area contributed by atoms with Crippen LogP contribution in [0.5, 0.6) is 11.5 Å². The lowest BCUT2D eigenvalue weighted by molar-refractivity contribution is 0.343. The van der Waals surface area contributed by atoms with Crippen LogP contribution in [-0.2, 0) is 10.0 Å². The molecule has 0 aliphatic carbocycles. The Kier molecular flexibility index (Phi) is 7.24. The summed E-state index contributed by atoms with van der Waals surface area (Å²) in [6.07, 6.45) is 0. The summed E-state index contributed by atoms with van der Waals surface area (Å²) in [6.45, 7) is 0.412. The number of aromatic nitrogens is 3. The zero-order valence-corrected chi connectivity index (χ0v) is 19.0. The molecule has 0 saturated heterocycles. The van der Waals surface area contributed by atoms with Gasteiger partial charge in [-0.3, -0.25) is 5.10 Å². The maximum Gasteiger partial charge on any atom is 0.242 e. The smallest absolute Gasteiger partial charge is 0.242 e. The molecular formula is C19H21ClN4O4S2. The Hall–Kier alpha value is -2.27. The summed E-state index contributed by atoms with van der Waals surface area (Å²) < 4.78 is 36.3. The Labute approximate surface area is 184 Å². The molecule has 0 saturated carbocycles. The number of hydrogen-bond acceptors (Lipinski definition) is 7. The highest BCUT2D eigenvalue weighted by Gasteiger charge is 2.16. The number of H-pyrrole nitrogens is 1. The quantitative estimate of drug-likeness (QED) is 0.378. The van der Waals surface area contributed by atoms with Crippen LogP contribution in [0.25, 0.3) is 11.4 Å². The number of methoxy groups -OCH3 is 1. The first-order valence-corrected chi connectivity index (χ1v) is 11.7. The molecule has 0 amide bonds. The summed E-state index contributed by atoms with van der Waals surface area (Å²) in [5, 5.41) is 8.24. The van der Waals surface area contributed by atoms with Crippen LogP contribution in [0.4, 0.5) is 0 Å². The van der Waals surface area contributed by atoms with E-state index in [1.54, 1.807) is 37.4 Å². The van der Waals surface area contributed by atoms with E-state index in [-0.39, 0.29) is 4.90 Å². The van der Waals surface area contributed by atoms with Crippen LogP contribution in [0.15, 0.2) is 52.5 Å². The Morgan fingerprint density at radius 2 is 1.90 bits per heavy atom. The van der Waals surface area contributed by atoms with Gasteiger partial charge in [0.05, 0.1) is 24.2 Å². The van der Waals surface area contributed by atoms with Crippen molar-refractivity contribution in [2.24, 2.45) is 0 Å². The Balaban J connectivity index is 1.54. The van der Waals surface area contributed by atoms with E-state index in [0.29, 0.717) is 39.9 Å². The summed E-state index contributed by atoms with van der Waals surface area (Å²) in [6, 6.07) is 11.6. The van der Waals surface area contributed by atoms with Crippen LogP contribution in [0, 0.1) is 0 Å². The van der Waals surface area contributed by atoms with Gasteiger partial charge in [0.15, 0.2) is 5.82 Å². The zero-order valence-electron chi connectivity index (χ0n) is 16.6. The molecule has 30 heavy (non-hydrogen) atoms. The molecule has 0 fully saturated rings. The number of nitrogens with zero attached hydrogens (tertiary/aromatic N) is 3. The number of aromatic amines is 1. The molecule has 0 radical (unpaired) electrons. The summed E-state index contributed by atoms with van der Waals surface area (Å²) in [5.41, 5.74) is 0.730. The van der Waals surface area contributed by atoms with Crippen molar-refractivity contribution in [1.82, 2.24) is 19.5 Å². The molecule has 0 aliphatic heterocycles. The molecule has 0 unspecified atom stereocenters. The molecule has 1 N–H and O–H groups in total. The average Bonchev–Trinajstić information content (AvgIpc) is 3.20. The van der Waals surface area contributed by atoms with Crippen molar-refractivity contribution in [3.63, 3.8) is 0 Å². The summed E-state index contributed by atoms with van der Waals surface area (Å²) in [4.78, 5) is 4.68. The van der Waals surface area contributed by atoms with Crippen molar-refractivity contribution in [2.75, 3.05) is 33.6 Å². The molecule has 3 aromatic rings. The van der Waals surface area contributed by atoms with Crippen molar-refractivity contribution in [1.29, 1.82) is 0 Å². The lowest BCUT2D eigenvalue weighted by Gasteiger charge is -2.12. The van der Waals surface area contributed by atoms with Crippen LogP contribution < -0.4 is 9.47 Å². The fraction of sp³-hybridized carbons (Fsp3) is 0.263. The highest BCUT2D eigenvalue weighted by molar-refractivity contribution is 7.99. The monoisotopic (exact) mass is 468 g/mol. The van der Waals surface area contributed by atoms with E-state index in [0.717, 1.165) is 5.56 Å². The fourth-order valence-corrected chi connectivity index (χ4v) is 4.20. The molecule has 160 valence electrons. The van der Waals surface area contributed by atoms with Gasteiger partial charge in [0.1, 0.15) is 11.5 Å². The van der Waals surface area contributed by atoms with Gasteiger partial charge >= 0.3 is 0 Å². The second-order valence-electron chi connectivity index (χ2n) is 6.27. The van der Waals surface area contributed by atoms with E-state index in [2.05, 4.69) is 15.2 Å². The number of rotatable bonds is 9. The topological polar surface area (TPSA) is 97.4 Å². The number of thioether (sulfide) groups is 1. The van der Waals surface area contributed by atoms with Crippen molar-refractivity contribution in [2.45, 2.75) is 10.1 Å². The van der Waals surface area contributed by atoms with Crippen LogP contribution in [0.1, 0.15) is 0 Å². The maximum absolute atomic E-state index is 12.1. The Morgan fingerprint density at radius 1 is 1.17 bits per heavy atom. The minimum Gasteiger partial charge on any atom is -0.496 e. The largest absolute Gasteiger partial charge is 0.496 e. The van der Waals surface area contributed by atoms with E-state index >= 15 is 0 Å². The van der Waals surface area contributed by atoms with Gasteiger partial charge in [0.25, 0.3) is 0 Å². The van der Waals surface area contributed by atoms with Gasteiger partial charge in [-0.15, -0.1) is 5.10 Å². The van der Waals surface area contributed by atoms with Crippen molar-refractivity contribution in [3.8, 4) is 22.9 Å². The third kappa shape index (κ3) is 5.25. The normalized spacial score (nSPS) is 11.6. The first-order valence-electron chi connectivity index (χ1n) is 8.86. The van der Waals surface area contributed by atoms with Crippen molar-refractivity contribution in [3.05, 3.63) is 47.5 Å². The van der Waals surface area contributed by atoms with Crippen LogP contribution in [0.3, 0.4) is 0 Å². The van der Waals surface area contributed by atoms with Crippen molar-refractivity contribution < 1.29 is 17.9 Å². The molecule has 1 aromatic heterocycles. The van der Waals surface area contributed by atoms with Gasteiger partial charge in [-0.2, -0.15) is 0 Å². The molecule has 11 heteroatoms. The summed E-state index contributed by atoms with van der Waals surface area (Å²) in [7, 11) is 1.12. The standard InChI is InChI=1S/C19H21ClN4O4S2/c1-24(2)30(25,26)15-7-5-14(6-8-15)28-10-11-29-19-21-18(22-23-19)16-12-13(20)4-9-17(16)27-3/h4-9,12H,10-11H2,1-3H3,(H,21,22,23). The van der Waals surface area contributed by atoms with Crippen molar-refractivity contribution >= 4 is 33.4 Å². The van der Waals surface area contributed by atoms with E-state index < -0.39 is 10.0 Å². The van der Waals surface area contributed by atoms with E-state index in [9.17, 15) is 8.42 Å². The number of sulfonamides is 1. The van der Waals surface area contributed by atoms with Gasteiger partial charge in [-0.25, -0.2) is 17.7 Å². The minimum atomic E-state index is -3.45. The molecule has 3 rings (SSSR count). The number of ether oxygens (including phenoxy) is 2. The zero-order chi connectivity index (χ0) is 21.7. The Morgan fingerprint density at radius 3 is 2.57 bits per heavy atom. The predicted octanol–water partition coefficient (Wildman–Crippen LogP) is 3.56. The Bertz CT molecular complexity index is 1100. The first-order chi connectivity index (χ1) is 14.3. The minimum absolute atomic E-state index is 0.221. The van der Waals surface area contributed by atoms with Gasteiger partial charge in [0.2, 0.25) is 15.2 Å². The first kappa shape index (κ1) is 22.4. The molecule has 0 bridgehead atoms. The average molecular weight is 469 g/mol. The second kappa shape index (κ2) is 9.69. The van der Waals surface area contributed by atoms with Gasteiger partial charge < -0.3 is 9.47 Å². The van der Waals surface area contributed by atoms with E-state index in [4.69, 9.17) is 21.1 Å². The lowest BCUT2D eigenvalue weighted by Crippen LogP contribution is -2.22. The molecule has 0 aliphatic rings. The van der Waals surface area contributed by atoms with Crippen LogP contribution in [-0.4, -0.2) is 61.5 Å². The van der Waals surface area contributed by atoms with E-state index in [1.807, 2.05) is 0 Å². The number of benzene rings is 2. The van der Waals surface area contributed by atoms with Crippen LogP contribution >= 0.6 is 23.4 Å². The van der Waals surface area contributed by atoms with Gasteiger partial charge in [0, 0.05) is 24.9 Å². The lowest BCUT2D eigenvalue weighted by atomic mass is 10.2. The third-order valence-electron chi connectivity index (χ3n) is 4.07. The number of nitrogens with one attached hydrogen (secondary N) is 1. The molecule has 0 spiro atoms. The summed E-state index contributed by atoms with van der Waals surface area (Å²) in [5.74, 6) is 2.42.